The molecule has 0 aliphatic heterocycles. The molecule has 5 heteroatoms. The number of nitriles is 1. The molecule has 1 atom stereocenters. The molecule has 2 aromatic rings. The molecule has 2 nitrogen and oxygen atoms in total. The van der Waals surface area contributed by atoms with Gasteiger partial charge in [0.05, 0.1) is 22.1 Å². The summed E-state index contributed by atoms with van der Waals surface area (Å²) in [5, 5.41) is 8.71. The van der Waals surface area contributed by atoms with Crippen LogP contribution in [0, 0.1) is 23.0 Å². The first-order valence-corrected chi connectivity index (χ1v) is 6.74. The standard InChI is InChI=1S/C14H9F2NOS/c15-12-2-1-3-13(7-12)19(18)9-10-4-5-14(16)11(6-10)8-17/h1-7H,9H2. The zero-order chi connectivity index (χ0) is 13.8. The Morgan fingerprint density at radius 3 is 2.63 bits per heavy atom. The molecule has 1 unspecified atom stereocenters. The van der Waals surface area contributed by atoms with Crippen LogP contribution in [-0.4, -0.2) is 4.21 Å². The highest BCUT2D eigenvalue weighted by molar-refractivity contribution is 7.84. The lowest BCUT2D eigenvalue weighted by Crippen LogP contribution is -1.98. The van der Waals surface area contributed by atoms with Crippen molar-refractivity contribution >= 4 is 10.8 Å². The van der Waals surface area contributed by atoms with E-state index < -0.39 is 22.4 Å². The van der Waals surface area contributed by atoms with Gasteiger partial charge < -0.3 is 0 Å². The number of rotatable bonds is 3. The molecule has 2 rings (SSSR count). The van der Waals surface area contributed by atoms with Crippen LogP contribution in [0.2, 0.25) is 0 Å². The number of hydrogen-bond donors (Lipinski definition) is 0. The summed E-state index contributed by atoms with van der Waals surface area (Å²) in [6, 6.07) is 11.2. The summed E-state index contributed by atoms with van der Waals surface area (Å²) in [7, 11) is -1.43. The van der Waals surface area contributed by atoms with Crippen molar-refractivity contribution in [2.24, 2.45) is 0 Å². The lowest BCUT2D eigenvalue weighted by molar-refractivity contribution is 0.622. The highest BCUT2D eigenvalue weighted by atomic mass is 32.2. The van der Waals surface area contributed by atoms with Crippen LogP contribution in [0.3, 0.4) is 0 Å². The molecule has 0 amide bonds. The third kappa shape index (κ3) is 3.24. The van der Waals surface area contributed by atoms with Gasteiger partial charge in [0.25, 0.3) is 0 Å². The molecule has 0 bridgehead atoms. The maximum atomic E-state index is 13.1. The number of benzene rings is 2. The Bertz CT molecular complexity index is 679. The van der Waals surface area contributed by atoms with Crippen LogP contribution in [0.5, 0.6) is 0 Å². The minimum atomic E-state index is -1.43. The molecule has 0 radical (unpaired) electrons. The first kappa shape index (κ1) is 13.4. The van der Waals surface area contributed by atoms with E-state index in [4.69, 9.17) is 5.26 Å². The van der Waals surface area contributed by atoms with Crippen LogP contribution in [-0.2, 0) is 16.6 Å². The van der Waals surface area contributed by atoms with E-state index in [9.17, 15) is 13.0 Å². The van der Waals surface area contributed by atoms with Crippen LogP contribution in [0.15, 0.2) is 47.4 Å². The molecular weight excluding hydrogens is 268 g/mol. The van der Waals surface area contributed by atoms with Crippen molar-refractivity contribution in [2.45, 2.75) is 10.6 Å². The molecule has 0 fully saturated rings. The number of hydrogen-bond acceptors (Lipinski definition) is 2. The number of nitrogens with zero attached hydrogens (tertiary/aromatic N) is 1. The maximum absolute atomic E-state index is 13.1. The van der Waals surface area contributed by atoms with Gasteiger partial charge in [-0.05, 0) is 35.9 Å². The van der Waals surface area contributed by atoms with Crippen LogP contribution in [0.25, 0.3) is 0 Å². The van der Waals surface area contributed by atoms with Crippen molar-refractivity contribution in [2.75, 3.05) is 0 Å². The predicted molar refractivity (Wildman–Crippen MR) is 67.6 cm³/mol. The van der Waals surface area contributed by atoms with E-state index >= 15 is 0 Å². The average molecular weight is 277 g/mol. The lowest BCUT2D eigenvalue weighted by Gasteiger charge is -2.04. The third-order valence-electron chi connectivity index (χ3n) is 2.51. The molecule has 0 saturated heterocycles. The van der Waals surface area contributed by atoms with Gasteiger partial charge in [-0.3, -0.25) is 4.21 Å². The summed E-state index contributed by atoms with van der Waals surface area (Å²) in [5.74, 6) is -0.955. The molecule has 19 heavy (non-hydrogen) atoms. The number of halogens is 2. The van der Waals surface area contributed by atoms with Gasteiger partial charge in [-0.2, -0.15) is 5.26 Å². The van der Waals surface area contributed by atoms with Gasteiger partial charge in [0.1, 0.15) is 17.7 Å². The monoisotopic (exact) mass is 277 g/mol. The highest BCUT2D eigenvalue weighted by Crippen LogP contribution is 2.16. The quantitative estimate of drug-likeness (QED) is 0.864. The Morgan fingerprint density at radius 1 is 1.16 bits per heavy atom. The maximum Gasteiger partial charge on any atom is 0.140 e. The van der Waals surface area contributed by atoms with Gasteiger partial charge in [0.15, 0.2) is 0 Å². The fourth-order valence-corrected chi connectivity index (χ4v) is 2.71. The van der Waals surface area contributed by atoms with E-state index in [-0.39, 0.29) is 11.3 Å². The molecule has 0 aliphatic rings. The van der Waals surface area contributed by atoms with Gasteiger partial charge in [-0.25, -0.2) is 8.78 Å². The molecule has 0 heterocycles. The summed E-state index contributed by atoms with van der Waals surface area (Å²) in [4.78, 5) is 0.364. The second-order valence-corrected chi connectivity index (χ2v) is 5.32. The molecule has 0 N–H and O–H groups in total. The third-order valence-corrected chi connectivity index (χ3v) is 3.88. The van der Waals surface area contributed by atoms with Gasteiger partial charge in [-0.1, -0.05) is 12.1 Å². The van der Waals surface area contributed by atoms with Gasteiger partial charge in [-0.15, -0.1) is 0 Å². The van der Waals surface area contributed by atoms with E-state index in [0.717, 1.165) is 6.07 Å². The Kier molecular flexibility index (Phi) is 4.03. The fourth-order valence-electron chi connectivity index (χ4n) is 1.59. The van der Waals surface area contributed by atoms with Crippen molar-refractivity contribution in [1.29, 1.82) is 5.26 Å². The molecule has 0 saturated carbocycles. The normalized spacial score (nSPS) is 11.8. The summed E-state index contributed by atoms with van der Waals surface area (Å²) >= 11 is 0. The largest absolute Gasteiger partial charge is 0.254 e. The van der Waals surface area contributed by atoms with E-state index in [2.05, 4.69) is 0 Å². The SMILES string of the molecule is N#Cc1cc(CS(=O)c2cccc(F)c2)ccc1F. The first-order valence-electron chi connectivity index (χ1n) is 5.42. The second kappa shape index (κ2) is 5.72. The first-order chi connectivity index (χ1) is 9.10. The van der Waals surface area contributed by atoms with Crippen LogP contribution < -0.4 is 0 Å². The fraction of sp³-hybridized carbons (Fsp3) is 0.0714. The van der Waals surface area contributed by atoms with Gasteiger partial charge >= 0.3 is 0 Å². The Balaban J connectivity index is 2.22. The van der Waals surface area contributed by atoms with E-state index in [1.165, 1.54) is 30.3 Å². The zero-order valence-corrected chi connectivity index (χ0v) is 10.6. The van der Waals surface area contributed by atoms with Crippen LogP contribution in [0.1, 0.15) is 11.1 Å². The molecule has 0 aliphatic carbocycles. The summed E-state index contributed by atoms with van der Waals surface area (Å²) in [6.45, 7) is 0. The van der Waals surface area contributed by atoms with Crippen LogP contribution in [0.4, 0.5) is 8.78 Å². The smallest absolute Gasteiger partial charge is 0.140 e. The zero-order valence-electron chi connectivity index (χ0n) is 9.77. The molecule has 0 aromatic heterocycles. The summed E-state index contributed by atoms with van der Waals surface area (Å²) in [6.07, 6.45) is 0. The van der Waals surface area contributed by atoms with Crippen molar-refractivity contribution in [3.8, 4) is 6.07 Å². The van der Waals surface area contributed by atoms with Gasteiger partial charge in [0, 0.05) is 4.90 Å². The van der Waals surface area contributed by atoms with Crippen molar-refractivity contribution in [1.82, 2.24) is 0 Å². The van der Waals surface area contributed by atoms with Gasteiger partial charge in [0.2, 0.25) is 0 Å². The van der Waals surface area contributed by atoms with E-state index in [0.29, 0.717) is 10.5 Å². The summed E-state index contributed by atoms with van der Waals surface area (Å²) < 4.78 is 38.2. The van der Waals surface area contributed by atoms with E-state index in [1.54, 1.807) is 12.1 Å². The molecule has 0 spiro atoms. The molecular formula is C14H9F2NOS. The Labute approximate surface area is 111 Å². The summed E-state index contributed by atoms with van der Waals surface area (Å²) in [5.41, 5.74) is 0.481. The van der Waals surface area contributed by atoms with E-state index in [1.807, 2.05) is 0 Å². The second-order valence-electron chi connectivity index (χ2n) is 3.87. The average Bonchev–Trinajstić information content (AvgIpc) is 2.41. The van der Waals surface area contributed by atoms with Crippen LogP contribution >= 0.6 is 0 Å². The minimum Gasteiger partial charge on any atom is -0.254 e. The lowest BCUT2D eigenvalue weighted by atomic mass is 10.1. The van der Waals surface area contributed by atoms with Crippen molar-refractivity contribution in [3.05, 3.63) is 65.2 Å². The highest BCUT2D eigenvalue weighted by Gasteiger charge is 2.08. The van der Waals surface area contributed by atoms with Crippen molar-refractivity contribution < 1.29 is 13.0 Å². The molecule has 96 valence electrons. The Hall–Kier alpha value is -2.06. The predicted octanol–water partition coefficient (Wildman–Crippen LogP) is 3.14. The Morgan fingerprint density at radius 2 is 1.95 bits per heavy atom. The molecule has 2 aromatic carbocycles. The minimum absolute atomic E-state index is 0.0891. The topological polar surface area (TPSA) is 40.9 Å². The van der Waals surface area contributed by atoms with Crippen molar-refractivity contribution in [3.63, 3.8) is 0 Å².